The molecule has 0 atom stereocenters. The molecule has 4 aromatic rings. The lowest BCUT2D eigenvalue weighted by atomic mass is 10.1. The minimum Gasteiger partial charge on any atom is -0.334 e. The van der Waals surface area contributed by atoms with Gasteiger partial charge in [-0.3, -0.25) is 4.68 Å². The fraction of sp³-hybridized carbons (Fsp3) is 0.150. The zero-order valence-corrected chi connectivity index (χ0v) is 14.2. The van der Waals surface area contributed by atoms with Crippen LogP contribution in [-0.4, -0.2) is 19.9 Å². The summed E-state index contributed by atoms with van der Waals surface area (Å²) in [6.07, 6.45) is 0. The first-order valence-electron chi connectivity index (χ1n) is 8.18. The smallest absolute Gasteiger partial charge is 0.258 e. The van der Waals surface area contributed by atoms with Crippen molar-refractivity contribution in [1.29, 1.82) is 0 Å². The summed E-state index contributed by atoms with van der Waals surface area (Å²) in [7, 11) is 0. The molecule has 0 saturated heterocycles. The van der Waals surface area contributed by atoms with Crippen molar-refractivity contribution in [3.8, 4) is 22.8 Å². The van der Waals surface area contributed by atoms with E-state index >= 15 is 0 Å². The lowest BCUT2D eigenvalue weighted by molar-refractivity contribution is 0.432. The van der Waals surface area contributed by atoms with Gasteiger partial charge in [0, 0.05) is 16.8 Å². The predicted octanol–water partition coefficient (Wildman–Crippen LogP) is 4.27. The van der Waals surface area contributed by atoms with Crippen molar-refractivity contribution in [2.45, 2.75) is 20.4 Å². The highest BCUT2D eigenvalue weighted by molar-refractivity contribution is 5.60. The van der Waals surface area contributed by atoms with Crippen LogP contribution < -0.4 is 0 Å². The Balaban J connectivity index is 1.61. The van der Waals surface area contributed by atoms with E-state index in [1.165, 1.54) is 0 Å². The number of hydrogen-bond acceptors (Lipinski definition) is 4. The summed E-state index contributed by atoms with van der Waals surface area (Å²) in [5.41, 5.74) is 5.17. The highest BCUT2D eigenvalue weighted by atomic mass is 16.5. The Kier molecular flexibility index (Phi) is 3.90. The van der Waals surface area contributed by atoms with Crippen molar-refractivity contribution in [3.05, 3.63) is 77.6 Å². The van der Waals surface area contributed by atoms with Crippen molar-refractivity contribution in [3.63, 3.8) is 0 Å². The van der Waals surface area contributed by atoms with E-state index in [0.717, 1.165) is 28.1 Å². The molecule has 2 heterocycles. The van der Waals surface area contributed by atoms with Gasteiger partial charge in [0.15, 0.2) is 0 Å². The van der Waals surface area contributed by atoms with Gasteiger partial charge < -0.3 is 4.52 Å². The molecule has 0 unspecified atom stereocenters. The Bertz CT molecular complexity index is 1000. The summed E-state index contributed by atoms with van der Waals surface area (Å²) in [5.74, 6) is 1.12. The van der Waals surface area contributed by atoms with E-state index in [-0.39, 0.29) is 0 Å². The molecule has 0 bridgehead atoms. The molecule has 0 aliphatic rings. The molecular formula is C20H18N4O. The minimum absolute atomic E-state index is 0.522. The summed E-state index contributed by atoms with van der Waals surface area (Å²) in [6.45, 7) is 4.78. The van der Waals surface area contributed by atoms with Crippen LogP contribution in [-0.2, 0) is 6.54 Å². The number of benzene rings is 2. The van der Waals surface area contributed by atoms with Crippen molar-refractivity contribution in [2.75, 3.05) is 0 Å². The lowest BCUT2D eigenvalue weighted by Crippen LogP contribution is -2.03. The van der Waals surface area contributed by atoms with Crippen molar-refractivity contribution in [2.24, 2.45) is 0 Å². The van der Waals surface area contributed by atoms with Crippen LogP contribution in [0, 0.1) is 13.8 Å². The molecule has 124 valence electrons. The lowest BCUT2D eigenvalue weighted by Gasteiger charge is -2.05. The molecule has 0 aliphatic carbocycles. The average Bonchev–Trinajstić information content (AvgIpc) is 3.23. The third kappa shape index (κ3) is 3.21. The molecule has 2 aromatic carbocycles. The molecule has 2 aromatic heterocycles. The van der Waals surface area contributed by atoms with Gasteiger partial charge in [0.2, 0.25) is 5.82 Å². The Morgan fingerprint density at radius 2 is 1.72 bits per heavy atom. The quantitative estimate of drug-likeness (QED) is 0.561. The summed E-state index contributed by atoms with van der Waals surface area (Å²) in [4.78, 5) is 4.52. The van der Waals surface area contributed by atoms with Crippen LogP contribution in [0.3, 0.4) is 0 Å². The van der Waals surface area contributed by atoms with E-state index in [0.29, 0.717) is 18.3 Å². The fourth-order valence-corrected chi connectivity index (χ4v) is 2.86. The molecule has 0 spiro atoms. The molecule has 0 fully saturated rings. The second-order valence-corrected chi connectivity index (χ2v) is 6.07. The van der Waals surface area contributed by atoms with Gasteiger partial charge in [-0.25, -0.2) is 0 Å². The van der Waals surface area contributed by atoms with Crippen LogP contribution in [0.1, 0.15) is 17.0 Å². The predicted molar refractivity (Wildman–Crippen MR) is 96.0 cm³/mol. The van der Waals surface area contributed by atoms with E-state index in [2.05, 4.69) is 40.4 Å². The molecule has 0 aliphatic heterocycles. The third-order valence-electron chi connectivity index (χ3n) is 4.07. The van der Waals surface area contributed by atoms with Crippen LogP contribution in [0.4, 0.5) is 0 Å². The van der Waals surface area contributed by atoms with E-state index in [9.17, 15) is 0 Å². The number of aryl methyl sites for hydroxylation is 2. The van der Waals surface area contributed by atoms with E-state index in [4.69, 9.17) is 4.52 Å². The first-order chi connectivity index (χ1) is 12.2. The van der Waals surface area contributed by atoms with E-state index in [1.807, 2.05) is 54.1 Å². The normalized spacial score (nSPS) is 11.0. The topological polar surface area (TPSA) is 56.7 Å². The van der Waals surface area contributed by atoms with Gasteiger partial charge in [0.05, 0.1) is 12.2 Å². The van der Waals surface area contributed by atoms with Crippen LogP contribution in [0.15, 0.2) is 65.2 Å². The maximum absolute atomic E-state index is 5.45. The Morgan fingerprint density at radius 3 is 2.48 bits per heavy atom. The fourth-order valence-electron chi connectivity index (χ4n) is 2.86. The zero-order valence-electron chi connectivity index (χ0n) is 14.2. The second kappa shape index (κ2) is 6.36. The first kappa shape index (κ1) is 15.3. The Hall–Kier alpha value is -3.21. The molecule has 0 amide bonds. The maximum atomic E-state index is 5.45. The molecule has 25 heavy (non-hydrogen) atoms. The third-order valence-corrected chi connectivity index (χ3v) is 4.07. The molecule has 5 heteroatoms. The number of nitrogens with zero attached hydrogens (tertiary/aromatic N) is 4. The SMILES string of the molecule is Cc1cc(C)n(Cc2cccc(-c3nc(-c4ccccc4)no3)c2)n1. The number of rotatable bonds is 4. The molecule has 0 radical (unpaired) electrons. The summed E-state index contributed by atoms with van der Waals surface area (Å²) >= 11 is 0. The summed E-state index contributed by atoms with van der Waals surface area (Å²) in [6, 6.07) is 20.0. The van der Waals surface area contributed by atoms with Gasteiger partial charge in [-0.05, 0) is 37.6 Å². The number of hydrogen-bond donors (Lipinski definition) is 0. The van der Waals surface area contributed by atoms with Gasteiger partial charge in [-0.1, -0.05) is 47.6 Å². The monoisotopic (exact) mass is 330 g/mol. The standard InChI is InChI=1S/C20H18N4O/c1-14-11-15(2)24(22-14)13-16-7-6-10-18(12-16)20-21-19(23-25-20)17-8-4-3-5-9-17/h3-12H,13H2,1-2H3. The highest BCUT2D eigenvalue weighted by Crippen LogP contribution is 2.23. The Labute approximate surface area is 145 Å². The highest BCUT2D eigenvalue weighted by Gasteiger charge is 2.11. The second-order valence-electron chi connectivity index (χ2n) is 6.07. The summed E-state index contributed by atoms with van der Waals surface area (Å²) in [5, 5.41) is 8.61. The van der Waals surface area contributed by atoms with Crippen LogP contribution in [0.2, 0.25) is 0 Å². The maximum Gasteiger partial charge on any atom is 0.258 e. The summed E-state index contributed by atoms with van der Waals surface area (Å²) < 4.78 is 7.45. The minimum atomic E-state index is 0.522. The van der Waals surface area contributed by atoms with Gasteiger partial charge in [-0.15, -0.1) is 0 Å². The van der Waals surface area contributed by atoms with Crippen molar-refractivity contribution in [1.82, 2.24) is 19.9 Å². The molecule has 4 rings (SSSR count). The van der Waals surface area contributed by atoms with Crippen LogP contribution in [0.5, 0.6) is 0 Å². The largest absolute Gasteiger partial charge is 0.334 e. The van der Waals surface area contributed by atoms with E-state index < -0.39 is 0 Å². The average molecular weight is 330 g/mol. The van der Waals surface area contributed by atoms with Gasteiger partial charge >= 0.3 is 0 Å². The molecule has 5 nitrogen and oxygen atoms in total. The van der Waals surface area contributed by atoms with Crippen LogP contribution >= 0.6 is 0 Å². The van der Waals surface area contributed by atoms with Crippen molar-refractivity contribution < 1.29 is 4.52 Å². The van der Waals surface area contributed by atoms with Gasteiger partial charge in [0.25, 0.3) is 5.89 Å². The van der Waals surface area contributed by atoms with Gasteiger partial charge in [-0.2, -0.15) is 10.1 Å². The molecular weight excluding hydrogens is 312 g/mol. The Morgan fingerprint density at radius 1 is 0.920 bits per heavy atom. The molecule has 0 saturated carbocycles. The van der Waals surface area contributed by atoms with Crippen LogP contribution in [0.25, 0.3) is 22.8 Å². The van der Waals surface area contributed by atoms with E-state index in [1.54, 1.807) is 0 Å². The molecule has 0 N–H and O–H groups in total. The van der Waals surface area contributed by atoms with Crippen molar-refractivity contribution >= 4 is 0 Å². The van der Waals surface area contributed by atoms with Gasteiger partial charge in [0.1, 0.15) is 0 Å². The first-order valence-corrected chi connectivity index (χ1v) is 8.18. The zero-order chi connectivity index (χ0) is 17.2. The number of aromatic nitrogens is 4.